The van der Waals surface area contributed by atoms with Crippen molar-refractivity contribution in [1.29, 1.82) is 0 Å². The first kappa shape index (κ1) is 15.5. The van der Waals surface area contributed by atoms with Crippen LogP contribution in [0.3, 0.4) is 0 Å². The van der Waals surface area contributed by atoms with Crippen LogP contribution in [-0.4, -0.2) is 10.7 Å². The Hall–Kier alpha value is -0.760. The van der Waals surface area contributed by atoms with Crippen molar-refractivity contribution in [3.05, 3.63) is 23.7 Å². The Morgan fingerprint density at radius 1 is 0.958 bits per heavy atom. The standard InChI is InChI=1S/C22H32O2/c1-20-11-15-13-24-12-14(15)10-16(20)4-5-17-18(20)6-8-21(2)19(17)7-9-22(21,3)23/h12-13,16-19,23H,4-11H2,1-3H3/t16-,17+,18-,19-,20-,21-,22-/m0/s1. The van der Waals surface area contributed by atoms with E-state index < -0.39 is 5.60 Å². The first-order valence-electron chi connectivity index (χ1n) is 10.1. The van der Waals surface area contributed by atoms with Gasteiger partial charge in [0, 0.05) is 0 Å². The van der Waals surface area contributed by atoms with Gasteiger partial charge in [0.2, 0.25) is 0 Å². The molecule has 5 rings (SSSR count). The summed E-state index contributed by atoms with van der Waals surface area (Å²) in [5, 5.41) is 11.0. The van der Waals surface area contributed by atoms with E-state index in [0.717, 1.165) is 30.1 Å². The van der Waals surface area contributed by atoms with Crippen LogP contribution in [-0.2, 0) is 12.8 Å². The Morgan fingerprint density at radius 2 is 1.71 bits per heavy atom. The molecule has 1 heterocycles. The largest absolute Gasteiger partial charge is 0.472 e. The van der Waals surface area contributed by atoms with Gasteiger partial charge in [-0.15, -0.1) is 0 Å². The average molecular weight is 328 g/mol. The third-order valence-corrected chi connectivity index (χ3v) is 9.50. The predicted molar refractivity (Wildman–Crippen MR) is 94.6 cm³/mol. The van der Waals surface area contributed by atoms with Gasteiger partial charge in [-0.2, -0.15) is 0 Å². The minimum absolute atomic E-state index is 0.146. The fourth-order valence-corrected chi connectivity index (χ4v) is 7.75. The van der Waals surface area contributed by atoms with Crippen molar-refractivity contribution in [3.8, 4) is 0 Å². The van der Waals surface area contributed by atoms with E-state index in [2.05, 4.69) is 20.8 Å². The quantitative estimate of drug-likeness (QED) is 0.728. The fraction of sp³-hybridized carbons (Fsp3) is 0.818. The zero-order chi connectivity index (χ0) is 16.7. The molecule has 3 fully saturated rings. The molecule has 0 radical (unpaired) electrons. The Balaban J connectivity index is 1.50. The second-order valence-electron chi connectivity index (χ2n) is 10.2. The van der Waals surface area contributed by atoms with E-state index in [1.54, 1.807) is 0 Å². The van der Waals surface area contributed by atoms with Crippen molar-refractivity contribution >= 4 is 0 Å². The van der Waals surface area contributed by atoms with Gasteiger partial charge < -0.3 is 9.52 Å². The molecule has 24 heavy (non-hydrogen) atoms. The summed E-state index contributed by atoms with van der Waals surface area (Å²) in [5.41, 5.74) is 3.08. The number of furan rings is 1. The molecule has 0 unspecified atom stereocenters. The van der Waals surface area contributed by atoms with E-state index in [-0.39, 0.29) is 5.41 Å². The minimum atomic E-state index is -0.454. The van der Waals surface area contributed by atoms with E-state index in [0.29, 0.717) is 5.41 Å². The molecule has 0 saturated heterocycles. The third-order valence-electron chi connectivity index (χ3n) is 9.50. The molecule has 2 nitrogen and oxygen atoms in total. The molecule has 2 heteroatoms. The second kappa shape index (κ2) is 4.69. The first-order valence-corrected chi connectivity index (χ1v) is 10.1. The molecular weight excluding hydrogens is 296 g/mol. The SMILES string of the molecule is C[C@]12Cc3cocc3C[C@@H]1CC[C@@H]1[C@@H]2CC[C@@]2(C)[C@H]1CC[C@]2(C)O. The summed E-state index contributed by atoms with van der Waals surface area (Å²) in [5.74, 6) is 3.23. The maximum atomic E-state index is 11.0. The molecule has 132 valence electrons. The van der Waals surface area contributed by atoms with Crippen molar-refractivity contribution in [1.82, 2.24) is 0 Å². The molecule has 1 N–H and O–H groups in total. The van der Waals surface area contributed by atoms with Crippen LogP contribution in [0.1, 0.15) is 70.4 Å². The Kier molecular flexibility index (Phi) is 3.03. The van der Waals surface area contributed by atoms with Gasteiger partial charge >= 0.3 is 0 Å². The zero-order valence-electron chi connectivity index (χ0n) is 15.5. The molecule has 1 aromatic heterocycles. The molecule has 0 amide bonds. The Bertz CT molecular complexity index is 659. The van der Waals surface area contributed by atoms with Gasteiger partial charge in [-0.05, 0) is 104 Å². The number of aliphatic hydroxyl groups is 1. The molecule has 3 saturated carbocycles. The number of rotatable bonds is 0. The lowest BCUT2D eigenvalue weighted by Crippen LogP contribution is -2.56. The van der Waals surface area contributed by atoms with Crippen molar-refractivity contribution in [3.63, 3.8) is 0 Å². The van der Waals surface area contributed by atoms with Gasteiger partial charge in [-0.3, -0.25) is 0 Å². The normalized spacial score (nSPS) is 53.0. The number of hydrogen-bond donors (Lipinski definition) is 1. The molecule has 0 aromatic carbocycles. The van der Waals surface area contributed by atoms with Crippen LogP contribution in [0.4, 0.5) is 0 Å². The van der Waals surface area contributed by atoms with Crippen molar-refractivity contribution in [2.75, 3.05) is 0 Å². The lowest BCUT2D eigenvalue weighted by Gasteiger charge is -2.60. The van der Waals surface area contributed by atoms with Gasteiger partial charge in [0.15, 0.2) is 0 Å². The Morgan fingerprint density at radius 3 is 2.54 bits per heavy atom. The second-order valence-corrected chi connectivity index (χ2v) is 10.2. The van der Waals surface area contributed by atoms with Crippen LogP contribution in [0.2, 0.25) is 0 Å². The van der Waals surface area contributed by atoms with Crippen molar-refractivity contribution in [2.24, 2.45) is 34.5 Å². The van der Waals surface area contributed by atoms with Gasteiger partial charge in [0.05, 0.1) is 18.1 Å². The lowest BCUT2D eigenvalue weighted by atomic mass is 9.44. The van der Waals surface area contributed by atoms with Crippen LogP contribution in [0.25, 0.3) is 0 Å². The molecule has 0 aliphatic heterocycles. The smallest absolute Gasteiger partial charge is 0.0937 e. The Labute approximate surface area is 146 Å². The highest BCUT2D eigenvalue weighted by molar-refractivity contribution is 5.29. The number of fused-ring (bicyclic) bond motifs is 6. The van der Waals surface area contributed by atoms with Crippen LogP contribution in [0.15, 0.2) is 16.9 Å². The monoisotopic (exact) mass is 328 g/mol. The lowest BCUT2D eigenvalue weighted by molar-refractivity contribution is -0.139. The molecule has 4 aliphatic rings. The van der Waals surface area contributed by atoms with Gasteiger partial charge in [-0.25, -0.2) is 0 Å². The first-order chi connectivity index (χ1) is 11.4. The summed E-state index contributed by atoms with van der Waals surface area (Å²) in [6, 6.07) is 0. The predicted octanol–water partition coefficient (Wildman–Crippen LogP) is 4.99. The third kappa shape index (κ3) is 1.76. The molecule has 0 bridgehead atoms. The summed E-state index contributed by atoms with van der Waals surface area (Å²) < 4.78 is 5.53. The van der Waals surface area contributed by atoms with Crippen LogP contribution >= 0.6 is 0 Å². The maximum absolute atomic E-state index is 11.0. The summed E-state index contributed by atoms with van der Waals surface area (Å²) in [6.07, 6.45) is 14.0. The molecule has 4 aliphatic carbocycles. The van der Waals surface area contributed by atoms with E-state index in [1.807, 2.05) is 12.5 Å². The summed E-state index contributed by atoms with van der Waals surface area (Å²) in [6.45, 7) is 7.09. The molecule has 1 aromatic rings. The molecular formula is C22H32O2. The highest BCUT2D eigenvalue weighted by Gasteiger charge is 2.63. The molecule has 0 spiro atoms. The maximum Gasteiger partial charge on any atom is 0.0937 e. The number of hydrogen-bond acceptors (Lipinski definition) is 2. The van der Waals surface area contributed by atoms with Gasteiger partial charge in [0.1, 0.15) is 0 Å². The fourth-order valence-electron chi connectivity index (χ4n) is 7.75. The van der Waals surface area contributed by atoms with Crippen molar-refractivity contribution < 1.29 is 9.52 Å². The van der Waals surface area contributed by atoms with Crippen LogP contribution in [0.5, 0.6) is 0 Å². The summed E-state index contributed by atoms with van der Waals surface area (Å²) in [7, 11) is 0. The van der Waals surface area contributed by atoms with Gasteiger partial charge in [0.25, 0.3) is 0 Å². The van der Waals surface area contributed by atoms with E-state index in [9.17, 15) is 5.11 Å². The van der Waals surface area contributed by atoms with Gasteiger partial charge in [-0.1, -0.05) is 13.8 Å². The topological polar surface area (TPSA) is 33.4 Å². The zero-order valence-corrected chi connectivity index (χ0v) is 15.5. The highest BCUT2D eigenvalue weighted by Crippen LogP contribution is 2.67. The summed E-state index contributed by atoms with van der Waals surface area (Å²) >= 11 is 0. The van der Waals surface area contributed by atoms with E-state index in [4.69, 9.17) is 4.42 Å². The average Bonchev–Trinajstić information content (AvgIpc) is 3.06. The molecule has 7 atom stereocenters. The minimum Gasteiger partial charge on any atom is -0.472 e. The van der Waals surface area contributed by atoms with E-state index >= 15 is 0 Å². The van der Waals surface area contributed by atoms with Crippen LogP contribution in [0, 0.1) is 34.5 Å². The summed E-state index contributed by atoms with van der Waals surface area (Å²) in [4.78, 5) is 0. The van der Waals surface area contributed by atoms with Crippen molar-refractivity contribution in [2.45, 2.75) is 77.7 Å². The van der Waals surface area contributed by atoms with Crippen LogP contribution < -0.4 is 0 Å². The highest BCUT2D eigenvalue weighted by atomic mass is 16.3. The van der Waals surface area contributed by atoms with E-state index in [1.165, 1.54) is 56.1 Å².